The summed E-state index contributed by atoms with van der Waals surface area (Å²) in [4.78, 5) is 22.6. The Labute approximate surface area is 154 Å². The van der Waals surface area contributed by atoms with E-state index >= 15 is 0 Å². The molecular formula is C16H18F3N3O4S. The highest BCUT2D eigenvalue weighted by Gasteiger charge is 2.38. The monoisotopic (exact) mass is 405 g/mol. The molecule has 1 fully saturated rings. The van der Waals surface area contributed by atoms with E-state index in [4.69, 9.17) is 0 Å². The molecule has 0 spiro atoms. The van der Waals surface area contributed by atoms with Gasteiger partial charge < -0.3 is 10.6 Å². The number of hydrogen-bond donors (Lipinski definition) is 3. The fourth-order valence-electron chi connectivity index (χ4n) is 2.41. The minimum Gasteiger partial charge on any atom is -0.318 e. The van der Waals surface area contributed by atoms with E-state index in [1.54, 1.807) is 11.4 Å². The smallest absolute Gasteiger partial charge is 0.318 e. The number of amides is 2. The molecule has 1 unspecified atom stereocenters. The highest BCUT2D eigenvalue weighted by molar-refractivity contribution is 7.90. The van der Waals surface area contributed by atoms with Crippen LogP contribution in [-0.2, 0) is 19.6 Å². The molecule has 0 saturated carbocycles. The molecule has 1 aliphatic rings. The molecule has 2 amide bonds. The van der Waals surface area contributed by atoms with Gasteiger partial charge in [-0.2, -0.15) is 13.2 Å². The molecule has 1 atom stereocenters. The standard InChI is InChI=1S/C16H18F3N3O4S/c1-10(9-12-3-2-8-20-12)14(23)22-27(25,26)13-6-4-11(5-7-13)21-15(24)16(17,18)19/h4-7,9,12,20H,2-3,8H2,1H3,(H,21,24)(H,22,23). The molecule has 0 aromatic heterocycles. The predicted molar refractivity (Wildman–Crippen MR) is 91.2 cm³/mol. The molecule has 11 heteroatoms. The largest absolute Gasteiger partial charge is 0.471 e. The maximum Gasteiger partial charge on any atom is 0.471 e. The third-order valence-corrected chi connectivity index (χ3v) is 5.16. The molecule has 0 radical (unpaired) electrons. The van der Waals surface area contributed by atoms with E-state index in [0.29, 0.717) is 0 Å². The number of nitrogens with one attached hydrogen (secondary N) is 3. The molecule has 3 N–H and O–H groups in total. The Morgan fingerprint density at radius 3 is 2.37 bits per heavy atom. The number of benzene rings is 1. The fraction of sp³-hybridized carbons (Fsp3) is 0.375. The highest BCUT2D eigenvalue weighted by atomic mass is 32.2. The van der Waals surface area contributed by atoms with E-state index in [2.05, 4.69) is 5.32 Å². The van der Waals surface area contributed by atoms with Crippen LogP contribution in [0.4, 0.5) is 18.9 Å². The average Bonchev–Trinajstić information content (AvgIpc) is 3.07. The van der Waals surface area contributed by atoms with Crippen molar-refractivity contribution in [3.05, 3.63) is 35.9 Å². The summed E-state index contributed by atoms with van der Waals surface area (Å²) < 4.78 is 63.0. The van der Waals surface area contributed by atoms with Crippen molar-refractivity contribution < 1.29 is 31.2 Å². The van der Waals surface area contributed by atoms with Gasteiger partial charge in [0.25, 0.3) is 15.9 Å². The first-order valence-electron chi connectivity index (χ1n) is 7.96. The van der Waals surface area contributed by atoms with Crippen molar-refractivity contribution in [3.8, 4) is 0 Å². The molecule has 27 heavy (non-hydrogen) atoms. The number of halogens is 3. The van der Waals surface area contributed by atoms with Crippen LogP contribution in [0.1, 0.15) is 19.8 Å². The minimum absolute atomic E-state index is 0.00924. The Hall–Kier alpha value is -2.40. The van der Waals surface area contributed by atoms with Gasteiger partial charge in [0, 0.05) is 17.3 Å². The Kier molecular flexibility index (Phi) is 6.26. The van der Waals surface area contributed by atoms with Crippen LogP contribution in [0.25, 0.3) is 0 Å². The maximum atomic E-state index is 12.2. The number of carbonyl (C=O) groups is 2. The van der Waals surface area contributed by atoms with Crippen LogP contribution in [0.15, 0.2) is 40.8 Å². The second-order valence-electron chi connectivity index (χ2n) is 5.96. The van der Waals surface area contributed by atoms with Gasteiger partial charge >= 0.3 is 12.1 Å². The predicted octanol–water partition coefficient (Wildman–Crippen LogP) is 1.69. The third kappa shape index (κ3) is 5.79. The lowest BCUT2D eigenvalue weighted by atomic mass is 10.1. The molecule has 0 aliphatic carbocycles. The summed E-state index contributed by atoms with van der Waals surface area (Å²) in [6.07, 6.45) is -1.60. The number of anilines is 1. The van der Waals surface area contributed by atoms with Gasteiger partial charge in [0.1, 0.15) is 0 Å². The molecule has 148 valence electrons. The van der Waals surface area contributed by atoms with Gasteiger partial charge in [-0.15, -0.1) is 0 Å². The van der Waals surface area contributed by atoms with Gasteiger partial charge in [0.05, 0.1) is 4.90 Å². The minimum atomic E-state index is -5.06. The van der Waals surface area contributed by atoms with Crippen molar-refractivity contribution in [2.45, 2.75) is 36.9 Å². The topological polar surface area (TPSA) is 104 Å². The lowest BCUT2D eigenvalue weighted by Gasteiger charge is -2.11. The summed E-state index contributed by atoms with van der Waals surface area (Å²) >= 11 is 0. The van der Waals surface area contributed by atoms with Crippen molar-refractivity contribution in [2.75, 3.05) is 11.9 Å². The Balaban J connectivity index is 2.05. The molecule has 1 aliphatic heterocycles. The first-order valence-corrected chi connectivity index (χ1v) is 9.44. The molecule has 1 saturated heterocycles. The summed E-state index contributed by atoms with van der Waals surface area (Å²) in [6, 6.07) is 3.97. The van der Waals surface area contributed by atoms with Crippen LogP contribution in [0, 0.1) is 0 Å². The van der Waals surface area contributed by atoms with Gasteiger partial charge in [-0.05, 0) is 50.6 Å². The third-order valence-electron chi connectivity index (χ3n) is 3.81. The van der Waals surface area contributed by atoms with Gasteiger partial charge in [-0.1, -0.05) is 6.08 Å². The summed E-state index contributed by atoms with van der Waals surface area (Å²) in [6.45, 7) is 2.31. The number of rotatable bonds is 5. The van der Waals surface area contributed by atoms with E-state index in [9.17, 15) is 31.2 Å². The van der Waals surface area contributed by atoms with Crippen LogP contribution < -0.4 is 15.4 Å². The summed E-state index contributed by atoms with van der Waals surface area (Å²) in [5, 5.41) is 4.75. The SMILES string of the molecule is CC(=CC1CCCN1)C(=O)NS(=O)(=O)c1ccc(NC(=O)C(F)(F)F)cc1. The first kappa shape index (κ1) is 20.9. The van der Waals surface area contributed by atoms with E-state index in [-0.39, 0.29) is 22.2 Å². The molecule has 7 nitrogen and oxygen atoms in total. The second kappa shape index (κ2) is 8.09. The molecule has 1 aromatic carbocycles. The van der Waals surface area contributed by atoms with E-state index in [1.807, 2.05) is 4.72 Å². The van der Waals surface area contributed by atoms with E-state index in [1.165, 1.54) is 6.92 Å². The Morgan fingerprint density at radius 1 is 1.22 bits per heavy atom. The Bertz CT molecular complexity index is 843. The number of sulfonamides is 1. The van der Waals surface area contributed by atoms with Crippen molar-refractivity contribution in [3.63, 3.8) is 0 Å². The maximum absolute atomic E-state index is 12.2. The average molecular weight is 405 g/mol. The molecule has 1 heterocycles. The van der Waals surface area contributed by atoms with E-state index in [0.717, 1.165) is 43.7 Å². The molecular weight excluding hydrogens is 387 g/mol. The lowest BCUT2D eigenvalue weighted by molar-refractivity contribution is -0.167. The fourth-order valence-corrected chi connectivity index (χ4v) is 3.43. The van der Waals surface area contributed by atoms with Gasteiger partial charge in [0.2, 0.25) is 0 Å². The van der Waals surface area contributed by atoms with E-state index < -0.39 is 28.0 Å². The van der Waals surface area contributed by atoms with Gasteiger partial charge in [-0.25, -0.2) is 13.1 Å². The summed E-state index contributed by atoms with van der Waals surface area (Å²) in [5.41, 5.74) is -0.00183. The van der Waals surface area contributed by atoms with Crippen molar-refractivity contribution >= 4 is 27.5 Å². The number of alkyl halides is 3. The van der Waals surface area contributed by atoms with Crippen LogP contribution >= 0.6 is 0 Å². The van der Waals surface area contributed by atoms with Crippen LogP contribution in [-0.4, -0.2) is 39.0 Å². The van der Waals surface area contributed by atoms with Crippen LogP contribution in [0.5, 0.6) is 0 Å². The van der Waals surface area contributed by atoms with Crippen LogP contribution in [0.2, 0.25) is 0 Å². The number of carbonyl (C=O) groups excluding carboxylic acids is 2. The summed E-state index contributed by atoms with van der Waals surface area (Å²) in [7, 11) is -4.21. The second-order valence-corrected chi connectivity index (χ2v) is 7.65. The normalized spacial score (nSPS) is 18.2. The zero-order chi connectivity index (χ0) is 20.2. The van der Waals surface area contributed by atoms with Gasteiger partial charge in [0.15, 0.2) is 0 Å². The van der Waals surface area contributed by atoms with Crippen molar-refractivity contribution in [1.82, 2.24) is 10.0 Å². The summed E-state index contributed by atoms with van der Waals surface area (Å²) in [5.74, 6) is -2.97. The molecule has 0 bridgehead atoms. The number of hydrogen-bond acceptors (Lipinski definition) is 5. The lowest BCUT2D eigenvalue weighted by Crippen LogP contribution is -2.32. The zero-order valence-electron chi connectivity index (χ0n) is 14.3. The van der Waals surface area contributed by atoms with Gasteiger partial charge in [-0.3, -0.25) is 9.59 Å². The van der Waals surface area contributed by atoms with Crippen molar-refractivity contribution in [2.24, 2.45) is 0 Å². The van der Waals surface area contributed by atoms with Crippen molar-refractivity contribution in [1.29, 1.82) is 0 Å². The quantitative estimate of drug-likeness (QED) is 0.647. The zero-order valence-corrected chi connectivity index (χ0v) is 15.1. The Morgan fingerprint density at radius 2 is 1.85 bits per heavy atom. The first-order chi connectivity index (χ1) is 12.5. The van der Waals surface area contributed by atoms with Crippen LogP contribution in [0.3, 0.4) is 0 Å². The highest BCUT2D eigenvalue weighted by Crippen LogP contribution is 2.20. The molecule has 2 rings (SSSR count). The molecule has 1 aromatic rings.